The largest absolute Gasteiger partial charge is 0.481 e. The Bertz CT molecular complexity index is 822. The molecule has 106 valence electrons. The first-order valence-corrected chi connectivity index (χ1v) is 6.40. The maximum absolute atomic E-state index is 11.8. The van der Waals surface area contributed by atoms with Gasteiger partial charge in [-0.2, -0.15) is 5.10 Å². The Kier molecular flexibility index (Phi) is 3.27. The highest BCUT2D eigenvalue weighted by atomic mass is 16.5. The van der Waals surface area contributed by atoms with Gasteiger partial charge in [0.1, 0.15) is 0 Å². The van der Waals surface area contributed by atoms with Crippen LogP contribution in [0, 0.1) is 0 Å². The number of rotatable bonds is 3. The van der Waals surface area contributed by atoms with Gasteiger partial charge in [0.15, 0.2) is 0 Å². The number of ether oxygens (including phenoxy) is 1. The second-order valence-corrected chi connectivity index (χ2v) is 4.60. The fourth-order valence-corrected chi connectivity index (χ4v) is 2.10. The molecule has 3 rings (SSSR count). The molecule has 0 atom stereocenters. The van der Waals surface area contributed by atoms with Crippen LogP contribution in [0.3, 0.4) is 0 Å². The third kappa shape index (κ3) is 2.43. The summed E-state index contributed by atoms with van der Waals surface area (Å²) in [5.74, 6) is 0.513. The molecular weight excluding hydrogens is 268 g/mol. The number of methoxy groups -OCH3 is 1. The third-order valence-corrected chi connectivity index (χ3v) is 3.27. The van der Waals surface area contributed by atoms with Crippen LogP contribution in [0.2, 0.25) is 0 Å². The van der Waals surface area contributed by atoms with Gasteiger partial charge in [0.2, 0.25) is 5.88 Å². The van der Waals surface area contributed by atoms with Crippen LogP contribution in [-0.2, 0) is 7.05 Å². The second kappa shape index (κ2) is 5.24. The van der Waals surface area contributed by atoms with Gasteiger partial charge in [0, 0.05) is 42.7 Å². The monoisotopic (exact) mass is 282 g/mol. The highest BCUT2D eigenvalue weighted by molar-refractivity contribution is 5.80. The molecule has 0 aromatic carbocycles. The maximum atomic E-state index is 11.8. The molecule has 0 bridgehead atoms. The number of hydrogen-bond acceptors (Lipinski definition) is 4. The highest BCUT2D eigenvalue weighted by Crippen LogP contribution is 2.31. The summed E-state index contributed by atoms with van der Waals surface area (Å²) in [5, 5.41) is 6.72. The lowest BCUT2D eigenvalue weighted by molar-refractivity contribution is 0.398. The molecule has 0 amide bonds. The van der Waals surface area contributed by atoms with E-state index < -0.39 is 0 Å². The van der Waals surface area contributed by atoms with E-state index in [1.807, 2.05) is 12.1 Å². The lowest BCUT2D eigenvalue weighted by atomic mass is 10.0. The summed E-state index contributed by atoms with van der Waals surface area (Å²) < 4.78 is 6.70. The fraction of sp³-hybridized carbons (Fsp3) is 0.133. The molecule has 0 aliphatic heterocycles. The summed E-state index contributed by atoms with van der Waals surface area (Å²) in [6.07, 6.45) is 5.18. The average molecular weight is 282 g/mol. The van der Waals surface area contributed by atoms with Gasteiger partial charge in [-0.1, -0.05) is 0 Å². The molecule has 1 N–H and O–H groups in total. The molecular formula is C15H14N4O2. The number of aryl methyl sites for hydroxylation is 1. The Balaban J connectivity index is 2.22. The van der Waals surface area contributed by atoms with Gasteiger partial charge in [-0.15, -0.1) is 0 Å². The van der Waals surface area contributed by atoms with Crippen molar-refractivity contribution >= 4 is 0 Å². The molecule has 0 spiro atoms. The van der Waals surface area contributed by atoms with Crippen LogP contribution in [0.25, 0.3) is 22.4 Å². The lowest BCUT2D eigenvalue weighted by Crippen LogP contribution is -2.14. The van der Waals surface area contributed by atoms with E-state index in [0.717, 1.165) is 22.4 Å². The second-order valence-electron chi connectivity index (χ2n) is 4.60. The molecule has 0 saturated carbocycles. The average Bonchev–Trinajstić information content (AvgIpc) is 3.04. The van der Waals surface area contributed by atoms with Crippen LogP contribution in [0.5, 0.6) is 5.88 Å². The molecule has 6 heteroatoms. The number of nitrogens with one attached hydrogen (secondary N) is 1. The van der Waals surface area contributed by atoms with Crippen molar-refractivity contribution < 1.29 is 4.74 Å². The molecule has 0 saturated heterocycles. The van der Waals surface area contributed by atoms with Gasteiger partial charge in [-0.05, 0) is 17.7 Å². The first-order chi connectivity index (χ1) is 10.2. The van der Waals surface area contributed by atoms with E-state index in [4.69, 9.17) is 4.74 Å². The van der Waals surface area contributed by atoms with E-state index in [0.29, 0.717) is 5.88 Å². The maximum Gasteiger partial charge on any atom is 0.250 e. The number of aromatic nitrogens is 4. The highest BCUT2D eigenvalue weighted by Gasteiger charge is 2.12. The minimum Gasteiger partial charge on any atom is -0.481 e. The van der Waals surface area contributed by atoms with Crippen LogP contribution >= 0.6 is 0 Å². The summed E-state index contributed by atoms with van der Waals surface area (Å²) in [5.41, 5.74) is 3.15. The number of nitrogens with zero attached hydrogens (tertiary/aromatic N) is 3. The van der Waals surface area contributed by atoms with Crippen LogP contribution < -0.4 is 10.3 Å². The summed E-state index contributed by atoms with van der Waals surface area (Å²) in [6, 6.07) is 7.14. The molecule has 0 fully saturated rings. The van der Waals surface area contributed by atoms with E-state index in [1.165, 1.54) is 4.57 Å². The van der Waals surface area contributed by atoms with Crippen LogP contribution in [0.1, 0.15) is 0 Å². The number of hydrogen-bond donors (Lipinski definition) is 1. The zero-order valence-electron chi connectivity index (χ0n) is 11.7. The SMILES string of the molecule is COc1ccc(-c2ccn(C)c(=O)c2)c(-c2cn[nH]c2)n1. The number of aromatic amines is 1. The first-order valence-electron chi connectivity index (χ1n) is 6.40. The van der Waals surface area contributed by atoms with Crippen molar-refractivity contribution in [3.05, 3.63) is 53.2 Å². The van der Waals surface area contributed by atoms with Crippen molar-refractivity contribution in [1.82, 2.24) is 19.7 Å². The topological polar surface area (TPSA) is 72.8 Å². The zero-order chi connectivity index (χ0) is 14.8. The van der Waals surface area contributed by atoms with Crippen molar-refractivity contribution in [2.75, 3.05) is 7.11 Å². The lowest BCUT2D eigenvalue weighted by Gasteiger charge is -2.09. The van der Waals surface area contributed by atoms with Crippen molar-refractivity contribution in [3.63, 3.8) is 0 Å². The van der Waals surface area contributed by atoms with E-state index >= 15 is 0 Å². The van der Waals surface area contributed by atoms with Crippen LogP contribution in [0.15, 0.2) is 47.7 Å². The first kappa shape index (κ1) is 13.1. The predicted octanol–water partition coefficient (Wildman–Crippen LogP) is 1.85. The van der Waals surface area contributed by atoms with E-state index in [9.17, 15) is 4.79 Å². The molecule has 21 heavy (non-hydrogen) atoms. The quantitative estimate of drug-likeness (QED) is 0.795. The van der Waals surface area contributed by atoms with Crippen molar-refractivity contribution in [1.29, 1.82) is 0 Å². The summed E-state index contributed by atoms with van der Waals surface area (Å²) in [4.78, 5) is 16.3. The molecule has 3 aromatic rings. The third-order valence-electron chi connectivity index (χ3n) is 3.27. The normalized spacial score (nSPS) is 10.6. The zero-order valence-corrected chi connectivity index (χ0v) is 11.7. The predicted molar refractivity (Wildman–Crippen MR) is 79.0 cm³/mol. The standard InChI is InChI=1S/C15H14N4O2/c1-19-6-5-10(7-14(19)20)12-3-4-13(21-2)18-15(12)11-8-16-17-9-11/h3-9H,1-2H3,(H,16,17). The Morgan fingerprint density at radius 2 is 2.10 bits per heavy atom. The number of H-pyrrole nitrogens is 1. The van der Waals surface area contributed by atoms with Crippen LogP contribution in [0.4, 0.5) is 0 Å². The van der Waals surface area contributed by atoms with Gasteiger partial charge in [-0.3, -0.25) is 9.89 Å². The van der Waals surface area contributed by atoms with Crippen molar-refractivity contribution in [2.24, 2.45) is 7.05 Å². The molecule has 0 radical (unpaired) electrons. The number of pyridine rings is 2. The minimum atomic E-state index is -0.0681. The summed E-state index contributed by atoms with van der Waals surface area (Å²) in [6.45, 7) is 0. The van der Waals surface area contributed by atoms with Gasteiger partial charge in [-0.25, -0.2) is 4.98 Å². The minimum absolute atomic E-state index is 0.0681. The molecule has 0 unspecified atom stereocenters. The summed E-state index contributed by atoms with van der Waals surface area (Å²) in [7, 11) is 3.29. The van der Waals surface area contributed by atoms with Gasteiger partial charge in [0.25, 0.3) is 5.56 Å². The van der Waals surface area contributed by atoms with Gasteiger partial charge in [0.05, 0.1) is 19.0 Å². The van der Waals surface area contributed by atoms with Crippen LogP contribution in [-0.4, -0.2) is 26.9 Å². The molecule has 3 aromatic heterocycles. The smallest absolute Gasteiger partial charge is 0.250 e. The van der Waals surface area contributed by atoms with E-state index in [-0.39, 0.29) is 5.56 Å². The Labute approximate surface area is 121 Å². The van der Waals surface area contributed by atoms with Gasteiger partial charge < -0.3 is 9.30 Å². The molecule has 3 heterocycles. The van der Waals surface area contributed by atoms with E-state index in [2.05, 4.69) is 15.2 Å². The summed E-state index contributed by atoms with van der Waals surface area (Å²) >= 11 is 0. The Morgan fingerprint density at radius 3 is 2.76 bits per heavy atom. The van der Waals surface area contributed by atoms with Gasteiger partial charge >= 0.3 is 0 Å². The van der Waals surface area contributed by atoms with Crippen molar-refractivity contribution in [3.8, 4) is 28.3 Å². The molecule has 0 aliphatic rings. The van der Waals surface area contributed by atoms with E-state index in [1.54, 1.807) is 44.9 Å². The Morgan fingerprint density at radius 1 is 1.24 bits per heavy atom. The molecule has 6 nitrogen and oxygen atoms in total. The molecule has 0 aliphatic carbocycles. The van der Waals surface area contributed by atoms with Crippen molar-refractivity contribution in [2.45, 2.75) is 0 Å². The fourth-order valence-electron chi connectivity index (χ4n) is 2.10. The Hall–Kier alpha value is -2.89.